The molecule has 0 spiro atoms. The van der Waals surface area contributed by atoms with Gasteiger partial charge in [0, 0.05) is 32.0 Å². The van der Waals surface area contributed by atoms with Crippen molar-refractivity contribution in [2.45, 2.75) is 46.2 Å². The molecule has 0 radical (unpaired) electrons. The number of nitrogens with zero attached hydrogens (tertiary/aromatic N) is 4. The van der Waals surface area contributed by atoms with Gasteiger partial charge in [0.15, 0.2) is 5.96 Å². The van der Waals surface area contributed by atoms with Gasteiger partial charge in [-0.1, -0.05) is 26.0 Å². The van der Waals surface area contributed by atoms with E-state index < -0.39 is 0 Å². The molecule has 0 aliphatic heterocycles. The molecular formula is C21H35IN6. The third-order valence-electron chi connectivity index (χ3n) is 4.78. The van der Waals surface area contributed by atoms with Crippen LogP contribution < -0.4 is 10.6 Å². The summed E-state index contributed by atoms with van der Waals surface area (Å²) in [4.78, 5) is 6.81. The van der Waals surface area contributed by atoms with Crippen LogP contribution >= 0.6 is 24.0 Å². The Morgan fingerprint density at radius 2 is 1.93 bits per heavy atom. The molecule has 0 saturated heterocycles. The van der Waals surface area contributed by atoms with Crippen LogP contribution in [-0.4, -0.2) is 53.4 Å². The van der Waals surface area contributed by atoms with E-state index in [1.54, 1.807) is 6.20 Å². The zero-order valence-electron chi connectivity index (χ0n) is 17.6. The Morgan fingerprint density at radius 3 is 2.50 bits per heavy atom. The summed E-state index contributed by atoms with van der Waals surface area (Å²) in [6.45, 7) is 10.8. The first-order valence-corrected chi connectivity index (χ1v) is 9.94. The van der Waals surface area contributed by atoms with Crippen LogP contribution in [0.5, 0.6) is 0 Å². The van der Waals surface area contributed by atoms with Crippen LogP contribution in [0.3, 0.4) is 0 Å². The zero-order chi connectivity index (χ0) is 19.5. The van der Waals surface area contributed by atoms with E-state index in [9.17, 15) is 0 Å². The number of hydrogen-bond donors (Lipinski definition) is 2. The Labute approximate surface area is 186 Å². The van der Waals surface area contributed by atoms with Crippen LogP contribution in [0, 0.1) is 0 Å². The van der Waals surface area contributed by atoms with Crippen molar-refractivity contribution in [3.63, 3.8) is 0 Å². The molecule has 2 rings (SSSR count). The van der Waals surface area contributed by atoms with E-state index in [1.165, 1.54) is 12.0 Å². The normalized spacial score (nSPS) is 12.5. The number of halogens is 1. The molecule has 156 valence electrons. The summed E-state index contributed by atoms with van der Waals surface area (Å²) in [6.07, 6.45) is 6.06. The summed E-state index contributed by atoms with van der Waals surface area (Å²) in [6, 6.07) is 10.7. The molecule has 1 aromatic heterocycles. The quantitative estimate of drug-likeness (QED) is 0.298. The van der Waals surface area contributed by atoms with Gasteiger partial charge < -0.3 is 15.5 Å². The van der Waals surface area contributed by atoms with Crippen LogP contribution in [0.15, 0.2) is 47.7 Å². The highest BCUT2D eigenvalue weighted by atomic mass is 127. The average Bonchev–Trinajstić information content (AvgIpc) is 3.23. The highest BCUT2D eigenvalue weighted by molar-refractivity contribution is 14.0. The van der Waals surface area contributed by atoms with Crippen molar-refractivity contribution in [2.75, 3.05) is 26.7 Å². The van der Waals surface area contributed by atoms with Gasteiger partial charge in [0.2, 0.25) is 0 Å². The Bertz CT molecular complexity index is 665. The Hall–Kier alpha value is -1.61. The maximum Gasteiger partial charge on any atom is 0.191 e. The standard InChI is InChI=1S/C21H34N6.HI/c1-5-26(6-2)15-7-9-18(3)25-21(22-4)23-17-19-10-12-20(13-11-19)27-16-8-14-24-27;/h8,10-14,16,18H,5-7,9,15,17H2,1-4H3,(H2,22,23,25);1H. The van der Waals surface area contributed by atoms with Gasteiger partial charge in [-0.2, -0.15) is 5.10 Å². The molecule has 2 aromatic rings. The summed E-state index contributed by atoms with van der Waals surface area (Å²) in [7, 11) is 1.82. The molecule has 28 heavy (non-hydrogen) atoms. The van der Waals surface area contributed by atoms with Crippen molar-refractivity contribution < 1.29 is 0 Å². The van der Waals surface area contributed by atoms with Gasteiger partial charge in [0.25, 0.3) is 0 Å². The predicted molar refractivity (Wildman–Crippen MR) is 129 cm³/mol. The molecule has 0 aliphatic rings. The monoisotopic (exact) mass is 498 g/mol. The van der Waals surface area contributed by atoms with Crippen molar-refractivity contribution >= 4 is 29.9 Å². The molecule has 1 heterocycles. The predicted octanol–water partition coefficient (Wildman–Crippen LogP) is 3.67. The second-order valence-corrected chi connectivity index (χ2v) is 6.76. The van der Waals surface area contributed by atoms with Crippen molar-refractivity contribution in [2.24, 2.45) is 4.99 Å². The summed E-state index contributed by atoms with van der Waals surface area (Å²) >= 11 is 0. The van der Waals surface area contributed by atoms with Crippen LogP contribution in [-0.2, 0) is 6.54 Å². The van der Waals surface area contributed by atoms with E-state index in [1.807, 2.05) is 24.0 Å². The van der Waals surface area contributed by atoms with Gasteiger partial charge in [0.1, 0.15) is 0 Å². The number of guanidine groups is 1. The largest absolute Gasteiger partial charge is 0.354 e. The number of aliphatic imine (C=N–C) groups is 1. The third-order valence-corrected chi connectivity index (χ3v) is 4.78. The summed E-state index contributed by atoms with van der Waals surface area (Å²) in [5, 5.41) is 11.1. The Morgan fingerprint density at radius 1 is 1.21 bits per heavy atom. The van der Waals surface area contributed by atoms with Crippen molar-refractivity contribution in [3.05, 3.63) is 48.3 Å². The highest BCUT2D eigenvalue weighted by Crippen LogP contribution is 2.08. The first-order valence-electron chi connectivity index (χ1n) is 9.94. The van der Waals surface area contributed by atoms with Crippen LogP contribution in [0.25, 0.3) is 5.69 Å². The average molecular weight is 498 g/mol. The van der Waals surface area contributed by atoms with Crippen molar-refractivity contribution in [1.29, 1.82) is 0 Å². The number of rotatable bonds is 10. The molecule has 7 heteroatoms. The van der Waals surface area contributed by atoms with E-state index >= 15 is 0 Å². The molecule has 0 saturated carbocycles. The van der Waals surface area contributed by atoms with E-state index in [2.05, 4.69) is 70.7 Å². The van der Waals surface area contributed by atoms with Gasteiger partial charge >= 0.3 is 0 Å². The maximum absolute atomic E-state index is 4.35. The second-order valence-electron chi connectivity index (χ2n) is 6.76. The van der Waals surface area contributed by atoms with E-state index in [0.717, 1.165) is 44.2 Å². The topological polar surface area (TPSA) is 57.5 Å². The van der Waals surface area contributed by atoms with Crippen LogP contribution in [0.2, 0.25) is 0 Å². The number of aromatic nitrogens is 2. The van der Waals surface area contributed by atoms with Gasteiger partial charge in [0.05, 0.1) is 5.69 Å². The molecule has 1 aromatic carbocycles. The minimum atomic E-state index is 0. The number of benzene rings is 1. The smallest absolute Gasteiger partial charge is 0.191 e. The van der Waals surface area contributed by atoms with Crippen LogP contribution in [0.1, 0.15) is 39.2 Å². The van der Waals surface area contributed by atoms with Gasteiger partial charge in [-0.25, -0.2) is 4.68 Å². The maximum atomic E-state index is 4.35. The first-order chi connectivity index (χ1) is 13.2. The van der Waals surface area contributed by atoms with Gasteiger partial charge in [-0.05, 0) is 63.2 Å². The molecule has 6 nitrogen and oxygen atoms in total. The summed E-state index contributed by atoms with van der Waals surface area (Å²) in [5.41, 5.74) is 2.27. The van der Waals surface area contributed by atoms with Crippen LogP contribution in [0.4, 0.5) is 0 Å². The lowest BCUT2D eigenvalue weighted by atomic mass is 10.1. The van der Waals surface area contributed by atoms with E-state index in [0.29, 0.717) is 6.04 Å². The third kappa shape index (κ3) is 8.18. The van der Waals surface area contributed by atoms with E-state index in [4.69, 9.17) is 0 Å². The van der Waals surface area contributed by atoms with Gasteiger partial charge in [-0.3, -0.25) is 4.99 Å². The molecule has 0 amide bonds. The van der Waals surface area contributed by atoms with E-state index in [-0.39, 0.29) is 24.0 Å². The lowest BCUT2D eigenvalue weighted by Gasteiger charge is -2.21. The first kappa shape index (κ1) is 24.4. The number of hydrogen-bond acceptors (Lipinski definition) is 3. The zero-order valence-corrected chi connectivity index (χ0v) is 19.9. The molecular weight excluding hydrogens is 463 g/mol. The lowest BCUT2D eigenvalue weighted by molar-refractivity contribution is 0.292. The summed E-state index contributed by atoms with van der Waals surface area (Å²) < 4.78 is 1.86. The SMILES string of the molecule is CCN(CC)CCCC(C)NC(=NC)NCc1ccc(-n2cccn2)cc1.I. The Kier molecular flexibility index (Phi) is 11.8. The molecule has 1 unspecified atom stereocenters. The Balaban J connectivity index is 0.00000392. The second kappa shape index (κ2) is 13.5. The lowest BCUT2D eigenvalue weighted by Crippen LogP contribution is -2.42. The molecule has 0 aliphatic carbocycles. The highest BCUT2D eigenvalue weighted by Gasteiger charge is 2.07. The fourth-order valence-electron chi connectivity index (χ4n) is 3.03. The molecule has 0 bridgehead atoms. The molecule has 0 fully saturated rings. The fraction of sp³-hybridized carbons (Fsp3) is 0.524. The van der Waals surface area contributed by atoms with Crippen molar-refractivity contribution in [1.82, 2.24) is 25.3 Å². The van der Waals surface area contributed by atoms with Gasteiger partial charge in [-0.15, -0.1) is 24.0 Å². The van der Waals surface area contributed by atoms with Crippen molar-refractivity contribution in [3.8, 4) is 5.69 Å². The molecule has 2 N–H and O–H groups in total. The molecule has 1 atom stereocenters. The fourth-order valence-corrected chi connectivity index (χ4v) is 3.03. The minimum Gasteiger partial charge on any atom is -0.354 e. The number of nitrogens with one attached hydrogen (secondary N) is 2. The summed E-state index contributed by atoms with van der Waals surface area (Å²) in [5.74, 6) is 0.849. The minimum absolute atomic E-state index is 0.